The molecule has 0 saturated carbocycles. The highest BCUT2D eigenvalue weighted by Crippen LogP contribution is 2.42. The van der Waals surface area contributed by atoms with Gasteiger partial charge in [-0.15, -0.1) is 0 Å². The first-order chi connectivity index (χ1) is 16.9. The van der Waals surface area contributed by atoms with Crippen LogP contribution in [0, 0.1) is 0 Å². The predicted molar refractivity (Wildman–Crippen MR) is 141 cm³/mol. The lowest BCUT2D eigenvalue weighted by Crippen LogP contribution is -2.48. The Kier molecular flexibility index (Phi) is 6.35. The van der Waals surface area contributed by atoms with Crippen LogP contribution in [-0.4, -0.2) is 53.3 Å². The average molecular weight is 469 g/mol. The molecule has 3 aromatic rings. The van der Waals surface area contributed by atoms with E-state index in [4.69, 9.17) is 0 Å². The SMILES string of the molecule is CC(C)N1CCN(c2ccc(C3=C(c4cccc(C(=O)O)c4)CCc4ccc(O)cc43)cc2)CC1. The number of nitrogens with zero attached hydrogens (tertiary/aromatic N) is 2. The molecule has 0 atom stereocenters. The number of aryl methyl sites for hydroxylation is 1. The average Bonchev–Trinajstić information content (AvgIpc) is 2.88. The molecule has 1 fully saturated rings. The summed E-state index contributed by atoms with van der Waals surface area (Å²) >= 11 is 0. The summed E-state index contributed by atoms with van der Waals surface area (Å²) in [6.45, 7) is 8.68. The lowest BCUT2D eigenvalue weighted by molar-refractivity contribution is 0.0697. The maximum absolute atomic E-state index is 11.6. The summed E-state index contributed by atoms with van der Waals surface area (Å²) in [5.41, 5.74) is 7.91. The number of carboxylic acids is 1. The van der Waals surface area contributed by atoms with Gasteiger partial charge in [0.15, 0.2) is 0 Å². The molecule has 0 aromatic heterocycles. The minimum Gasteiger partial charge on any atom is -0.508 e. The Morgan fingerprint density at radius 1 is 0.857 bits per heavy atom. The molecular weight excluding hydrogens is 436 g/mol. The molecule has 0 unspecified atom stereocenters. The van der Waals surface area contributed by atoms with Crippen molar-refractivity contribution in [3.8, 4) is 5.75 Å². The minimum atomic E-state index is -0.926. The van der Waals surface area contributed by atoms with Crippen LogP contribution in [0.2, 0.25) is 0 Å². The second-order valence-corrected chi connectivity index (χ2v) is 9.74. The monoisotopic (exact) mass is 468 g/mol. The molecular formula is C30H32N2O3. The first kappa shape index (κ1) is 23.2. The number of aromatic carboxylic acids is 1. The van der Waals surface area contributed by atoms with Crippen molar-refractivity contribution in [3.05, 3.63) is 94.5 Å². The number of hydrogen-bond acceptors (Lipinski definition) is 4. The van der Waals surface area contributed by atoms with E-state index in [1.165, 1.54) is 11.3 Å². The van der Waals surface area contributed by atoms with Gasteiger partial charge in [0.2, 0.25) is 0 Å². The fraction of sp³-hybridized carbons (Fsp3) is 0.300. The van der Waals surface area contributed by atoms with Crippen LogP contribution in [0.1, 0.15) is 52.9 Å². The van der Waals surface area contributed by atoms with Crippen molar-refractivity contribution in [1.82, 2.24) is 4.90 Å². The second kappa shape index (κ2) is 9.59. The van der Waals surface area contributed by atoms with Gasteiger partial charge in [0.05, 0.1) is 5.56 Å². The van der Waals surface area contributed by atoms with Crippen LogP contribution in [0.3, 0.4) is 0 Å². The molecule has 5 rings (SSSR count). The van der Waals surface area contributed by atoms with E-state index in [2.05, 4.69) is 47.9 Å². The molecule has 35 heavy (non-hydrogen) atoms. The molecule has 1 heterocycles. The van der Waals surface area contributed by atoms with Gasteiger partial charge < -0.3 is 15.1 Å². The number of phenols is 1. The van der Waals surface area contributed by atoms with Crippen LogP contribution in [0.5, 0.6) is 5.75 Å². The van der Waals surface area contributed by atoms with Crippen LogP contribution in [0.25, 0.3) is 11.1 Å². The number of allylic oxidation sites excluding steroid dienone is 1. The number of carboxylic acid groups (broad SMARTS) is 1. The third kappa shape index (κ3) is 4.69. The van der Waals surface area contributed by atoms with Gasteiger partial charge in [-0.3, -0.25) is 4.90 Å². The first-order valence-corrected chi connectivity index (χ1v) is 12.4. The van der Waals surface area contributed by atoms with Crippen LogP contribution in [-0.2, 0) is 6.42 Å². The zero-order valence-corrected chi connectivity index (χ0v) is 20.4. The van der Waals surface area contributed by atoms with Crippen molar-refractivity contribution in [3.63, 3.8) is 0 Å². The summed E-state index contributed by atoms with van der Waals surface area (Å²) < 4.78 is 0. The van der Waals surface area contributed by atoms with Crippen molar-refractivity contribution in [1.29, 1.82) is 0 Å². The van der Waals surface area contributed by atoms with Gasteiger partial charge in [0.1, 0.15) is 5.75 Å². The minimum absolute atomic E-state index is 0.237. The summed E-state index contributed by atoms with van der Waals surface area (Å²) in [4.78, 5) is 16.6. The first-order valence-electron chi connectivity index (χ1n) is 12.4. The Bertz CT molecular complexity index is 1270. The highest BCUT2D eigenvalue weighted by molar-refractivity contribution is 6.02. The van der Waals surface area contributed by atoms with Crippen LogP contribution in [0.4, 0.5) is 5.69 Å². The summed E-state index contributed by atoms with van der Waals surface area (Å²) in [6, 6.07) is 22.0. The van der Waals surface area contributed by atoms with E-state index < -0.39 is 5.97 Å². The van der Waals surface area contributed by atoms with Gasteiger partial charge in [0.25, 0.3) is 0 Å². The molecule has 2 N–H and O–H groups in total. The molecule has 0 amide bonds. The number of fused-ring (bicyclic) bond motifs is 1. The highest BCUT2D eigenvalue weighted by Gasteiger charge is 2.24. The van der Waals surface area contributed by atoms with Crippen molar-refractivity contribution < 1.29 is 15.0 Å². The molecule has 5 nitrogen and oxygen atoms in total. The Balaban J connectivity index is 1.55. The Hall–Kier alpha value is -3.57. The fourth-order valence-corrected chi connectivity index (χ4v) is 5.36. The lowest BCUT2D eigenvalue weighted by Gasteiger charge is -2.38. The Labute approximate surface area is 206 Å². The van der Waals surface area contributed by atoms with E-state index in [0.717, 1.165) is 66.9 Å². The van der Waals surface area contributed by atoms with E-state index >= 15 is 0 Å². The van der Waals surface area contributed by atoms with Crippen molar-refractivity contribution in [2.24, 2.45) is 0 Å². The number of hydrogen-bond donors (Lipinski definition) is 2. The third-order valence-electron chi connectivity index (χ3n) is 7.33. The van der Waals surface area contributed by atoms with Gasteiger partial charge >= 0.3 is 5.97 Å². The number of aromatic hydroxyl groups is 1. The quantitative estimate of drug-likeness (QED) is 0.516. The summed E-state index contributed by atoms with van der Waals surface area (Å²) in [6.07, 6.45) is 1.67. The lowest BCUT2D eigenvalue weighted by atomic mass is 9.79. The molecule has 1 aliphatic carbocycles. The maximum Gasteiger partial charge on any atom is 0.335 e. The van der Waals surface area contributed by atoms with Crippen molar-refractivity contribution in [2.75, 3.05) is 31.1 Å². The summed E-state index contributed by atoms with van der Waals surface area (Å²) in [5, 5.41) is 19.8. The smallest absolute Gasteiger partial charge is 0.335 e. The number of phenolic OH excluding ortho intramolecular Hbond substituents is 1. The van der Waals surface area contributed by atoms with E-state index in [-0.39, 0.29) is 11.3 Å². The van der Waals surface area contributed by atoms with Gasteiger partial charge in [-0.25, -0.2) is 4.79 Å². The third-order valence-corrected chi connectivity index (χ3v) is 7.33. The molecule has 0 bridgehead atoms. The highest BCUT2D eigenvalue weighted by atomic mass is 16.4. The number of carbonyl (C=O) groups is 1. The topological polar surface area (TPSA) is 64.0 Å². The van der Waals surface area contributed by atoms with Crippen LogP contribution < -0.4 is 4.90 Å². The van der Waals surface area contributed by atoms with Gasteiger partial charge in [0, 0.05) is 37.9 Å². The molecule has 180 valence electrons. The molecule has 2 aliphatic rings. The van der Waals surface area contributed by atoms with Crippen LogP contribution in [0.15, 0.2) is 66.7 Å². The zero-order valence-electron chi connectivity index (χ0n) is 20.4. The molecule has 1 saturated heterocycles. The number of anilines is 1. The maximum atomic E-state index is 11.6. The van der Waals surface area contributed by atoms with Gasteiger partial charge in [-0.1, -0.05) is 30.3 Å². The van der Waals surface area contributed by atoms with Crippen molar-refractivity contribution >= 4 is 22.8 Å². The zero-order chi connectivity index (χ0) is 24.5. The van der Waals surface area contributed by atoms with E-state index in [1.54, 1.807) is 24.3 Å². The van der Waals surface area contributed by atoms with Gasteiger partial charge in [-0.05, 0) is 96.5 Å². The number of piperazine rings is 1. The Morgan fingerprint density at radius 2 is 1.60 bits per heavy atom. The summed E-state index contributed by atoms with van der Waals surface area (Å²) in [5.74, 6) is -0.689. The molecule has 3 aromatic carbocycles. The molecule has 5 heteroatoms. The van der Waals surface area contributed by atoms with E-state index in [1.807, 2.05) is 18.2 Å². The number of rotatable bonds is 5. The molecule has 0 radical (unpaired) electrons. The second-order valence-electron chi connectivity index (χ2n) is 9.74. The molecule has 0 spiro atoms. The Morgan fingerprint density at radius 3 is 2.29 bits per heavy atom. The largest absolute Gasteiger partial charge is 0.508 e. The molecule has 1 aliphatic heterocycles. The summed E-state index contributed by atoms with van der Waals surface area (Å²) in [7, 11) is 0. The van der Waals surface area contributed by atoms with Gasteiger partial charge in [-0.2, -0.15) is 0 Å². The van der Waals surface area contributed by atoms with E-state index in [0.29, 0.717) is 6.04 Å². The predicted octanol–water partition coefficient (Wildman–Crippen LogP) is 5.53. The van der Waals surface area contributed by atoms with Crippen LogP contribution >= 0.6 is 0 Å². The standard InChI is InChI=1S/C30H32N2O3/c1-20(2)31-14-16-32(17-15-31)25-10-6-22(7-11-25)29-27(23-4-3-5-24(18-23)30(34)35)13-9-21-8-12-26(33)19-28(21)29/h3-8,10-12,18-20,33H,9,13-17H2,1-2H3,(H,34,35). The number of benzene rings is 3. The fourth-order valence-electron chi connectivity index (χ4n) is 5.36. The normalized spacial score (nSPS) is 16.5. The van der Waals surface area contributed by atoms with E-state index in [9.17, 15) is 15.0 Å². The van der Waals surface area contributed by atoms with Crippen molar-refractivity contribution in [2.45, 2.75) is 32.7 Å².